The van der Waals surface area contributed by atoms with Gasteiger partial charge in [-0.1, -0.05) is 30.3 Å². The lowest BCUT2D eigenvalue weighted by atomic mass is 10.1. The van der Waals surface area contributed by atoms with Crippen LogP contribution in [0.1, 0.15) is 29.9 Å². The minimum atomic E-state index is -0.0434. The first-order chi connectivity index (χ1) is 11.2. The molecule has 1 saturated heterocycles. The van der Waals surface area contributed by atoms with Crippen molar-refractivity contribution >= 4 is 5.91 Å². The number of benzene rings is 1. The molecule has 1 fully saturated rings. The number of amides is 1. The van der Waals surface area contributed by atoms with Crippen molar-refractivity contribution < 1.29 is 4.79 Å². The van der Waals surface area contributed by atoms with Crippen molar-refractivity contribution in [3.05, 3.63) is 59.7 Å². The molecule has 1 N–H and O–H groups in total. The molecular weight excluding hydrogens is 288 g/mol. The van der Waals surface area contributed by atoms with Crippen molar-refractivity contribution in [2.45, 2.75) is 38.9 Å². The molecule has 0 unspecified atom stereocenters. The Labute approximate surface area is 136 Å². The van der Waals surface area contributed by atoms with E-state index in [0.717, 1.165) is 37.4 Å². The Morgan fingerprint density at radius 1 is 1.30 bits per heavy atom. The van der Waals surface area contributed by atoms with Gasteiger partial charge in [-0.15, -0.1) is 0 Å². The van der Waals surface area contributed by atoms with E-state index >= 15 is 0 Å². The topological polar surface area (TPSA) is 58.1 Å². The maximum atomic E-state index is 12.5. The first-order valence-corrected chi connectivity index (χ1v) is 8.06. The van der Waals surface area contributed by atoms with Crippen LogP contribution in [0.15, 0.2) is 42.6 Å². The summed E-state index contributed by atoms with van der Waals surface area (Å²) in [6.45, 7) is 4.10. The van der Waals surface area contributed by atoms with E-state index in [4.69, 9.17) is 0 Å². The van der Waals surface area contributed by atoms with Crippen molar-refractivity contribution in [3.63, 3.8) is 0 Å². The Hall–Kier alpha value is -2.27. The Morgan fingerprint density at radius 2 is 2.13 bits per heavy atom. The third-order valence-corrected chi connectivity index (χ3v) is 4.17. The Balaban J connectivity index is 1.57. The highest BCUT2D eigenvalue weighted by Crippen LogP contribution is 2.20. The van der Waals surface area contributed by atoms with Gasteiger partial charge in [-0.3, -0.25) is 9.69 Å². The van der Waals surface area contributed by atoms with E-state index < -0.39 is 0 Å². The fraction of sp³-hybridized carbons (Fsp3) is 0.389. The standard InChI is InChI=1S/C18H22N4O/c1-14-19-10-9-16(21-14)12-20-18(23)17-8-5-11-22(17)13-15-6-3-2-4-7-15/h2-4,6-7,9-10,17H,5,8,11-13H2,1H3,(H,20,23)/t17-/m1/s1. The Morgan fingerprint density at radius 3 is 2.91 bits per heavy atom. The predicted octanol–water partition coefficient (Wildman–Crippen LogP) is 2.07. The summed E-state index contributed by atoms with van der Waals surface area (Å²) in [5, 5.41) is 3.01. The molecule has 1 atom stereocenters. The number of likely N-dealkylation sites (tertiary alicyclic amines) is 1. The predicted molar refractivity (Wildman–Crippen MR) is 88.5 cm³/mol. The molecule has 1 amide bonds. The summed E-state index contributed by atoms with van der Waals surface area (Å²) in [5.74, 6) is 0.818. The van der Waals surface area contributed by atoms with Gasteiger partial charge in [0.05, 0.1) is 18.3 Å². The van der Waals surface area contributed by atoms with Crippen LogP contribution in [0.25, 0.3) is 0 Å². The number of nitrogens with zero attached hydrogens (tertiary/aromatic N) is 3. The lowest BCUT2D eigenvalue weighted by Gasteiger charge is -2.23. The molecule has 2 aromatic rings. The number of aryl methyl sites for hydroxylation is 1. The first kappa shape index (κ1) is 15.6. The number of carbonyl (C=O) groups is 1. The third kappa shape index (κ3) is 4.13. The largest absolute Gasteiger partial charge is 0.349 e. The average molecular weight is 310 g/mol. The molecular formula is C18H22N4O. The zero-order valence-electron chi connectivity index (χ0n) is 13.4. The summed E-state index contributed by atoms with van der Waals surface area (Å²) < 4.78 is 0. The molecule has 1 aliphatic heterocycles. The maximum absolute atomic E-state index is 12.5. The van der Waals surface area contributed by atoms with E-state index in [2.05, 4.69) is 32.3 Å². The Kier molecular flexibility index (Phi) is 4.98. The third-order valence-electron chi connectivity index (χ3n) is 4.17. The highest BCUT2D eigenvalue weighted by Gasteiger charge is 2.30. The summed E-state index contributed by atoms with van der Waals surface area (Å²) >= 11 is 0. The van der Waals surface area contributed by atoms with Gasteiger partial charge in [0.2, 0.25) is 5.91 Å². The van der Waals surface area contributed by atoms with Crippen LogP contribution < -0.4 is 5.32 Å². The smallest absolute Gasteiger partial charge is 0.237 e. The van der Waals surface area contributed by atoms with E-state index in [0.29, 0.717) is 6.54 Å². The quantitative estimate of drug-likeness (QED) is 0.918. The van der Waals surface area contributed by atoms with Crippen molar-refractivity contribution in [1.82, 2.24) is 20.2 Å². The molecule has 0 spiro atoms. The summed E-state index contributed by atoms with van der Waals surface area (Å²) in [7, 11) is 0. The zero-order valence-corrected chi connectivity index (χ0v) is 13.4. The molecule has 1 aromatic carbocycles. The van der Waals surface area contributed by atoms with Gasteiger partial charge in [0.15, 0.2) is 0 Å². The molecule has 23 heavy (non-hydrogen) atoms. The van der Waals surface area contributed by atoms with E-state index in [1.165, 1.54) is 5.56 Å². The van der Waals surface area contributed by atoms with E-state index in [1.54, 1.807) is 6.20 Å². The van der Waals surface area contributed by atoms with Gasteiger partial charge in [-0.25, -0.2) is 9.97 Å². The van der Waals surface area contributed by atoms with Crippen molar-refractivity contribution in [2.24, 2.45) is 0 Å². The number of carbonyl (C=O) groups excluding carboxylic acids is 1. The van der Waals surface area contributed by atoms with Gasteiger partial charge in [-0.05, 0) is 37.9 Å². The molecule has 2 heterocycles. The summed E-state index contributed by atoms with van der Waals surface area (Å²) in [6, 6.07) is 12.1. The number of rotatable bonds is 5. The van der Waals surface area contributed by atoms with Crippen LogP contribution in [0.3, 0.4) is 0 Å². The van der Waals surface area contributed by atoms with Crippen molar-refractivity contribution in [1.29, 1.82) is 0 Å². The Bertz CT molecular complexity index is 659. The average Bonchev–Trinajstić information content (AvgIpc) is 3.02. The first-order valence-electron chi connectivity index (χ1n) is 8.06. The molecule has 3 rings (SSSR count). The number of nitrogens with one attached hydrogen (secondary N) is 1. The van der Waals surface area contributed by atoms with Gasteiger partial charge < -0.3 is 5.32 Å². The minimum Gasteiger partial charge on any atom is -0.349 e. The zero-order chi connectivity index (χ0) is 16.1. The van der Waals surface area contributed by atoms with Gasteiger partial charge >= 0.3 is 0 Å². The number of hydrogen-bond donors (Lipinski definition) is 1. The molecule has 5 nitrogen and oxygen atoms in total. The highest BCUT2D eigenvalue weighted by molar-refractivity contribution is 5.82. The minimum absolute atomic E-state index is 0.0434. The van der Waals surface area contributed by atoms with Crippen LogP contribution in [-0.4, -0.2) is 33.4 Å². The molecule has 0 bridgehead atoms. The van der Waals surface area contributed by atoms with Crippen LogP contribution >= 0.6 is 0 Å². The lowest BCUT2D eigenvalue weighted by Crippen LogP contribution is -2.42. The normalized spacial score (nSPS) is 18.0. The summed E-state index contributed by atoms with van der Waals surface area (Å²) in [5.41, 5.74) is 2.09. The van der Waals surface area contributed by atoms with Crippen molar-refractivity contribution in [3.8, 4) is 0 Å². The summed E-state index contributed by atoms with van der Waals surface area (Å²) in [6.07, 6.45) is 3.71. The lowest BCUT2D eigenvalue weighted by molar-refractivity contribution is -0.125. The van der Waals surface area contributed by atoms with Crippen LogP contribution in [0.5, 0.6) is 0 Å². The van der Waals surface area contributed by atoms with Gasteiger partial charge in [0.1, 0.15) is 5.82 Å². The van der Waals surface area contributed by atoms with Crippen molar-refractivity contribution in [2.75, 3.05) is 6.54 Å². The van der Waals surface area contributed by atoms with E-state index in [1.807, 2.05) is 31.2 Å². The molecule has 0 saturated carbocycles. The van der Waals surface area contributed by atoms with E-state index in [-0.39, 0.29) is 11.9 Å². The van der Waals surface area contributed by atoms with Crippen LogP contribution in [0, 0.1) is 6.92 Å². The van der Waals surface area contributed by atoms with Crippen LogP contribution in [0.4, 0.5) is 0 Å². The summed E-state index contributed by atoms with van der Waals surface area (Å²) in [4.78, 5) is 23.2. The highest BCUT2D eigenvalue weighted by atomic mass is 16.2. The molecule has 0 radical (unpaired) electrons. The van der Waals surface area contributed by atoms with E-state index in [9.17, 15) is 4.79 Å². The molecule has 120 valence electrons. The molecule has 0 aliphatic carbocycles. The maximum Gasteiger partial charge on any atom is 0.237 e. The second-order valence-electron chi connectivity index (χ2n) is 5.93. The molecule has 5 heteroatoms. The van der Waals surface area contributed by atoms with Gasteiger partial charge in [-0.2, -0.15) is 0 Å². The molecule has 1 aliphatic rings. The van der Waals surface area contributed by atoms with Gasteiger partial charge in [0, 0.05) is 12.7 Å². The fourth-order valence-electron chi connectivity index (χ4n) is 3.03. The fourth-order valence-corrected chi connectivity index (χ4v) is 3.03. The van der Waals surface area contributed by atoms with Crippen LogP contribution in [0.2, 0.25) is 0 Å². The SMILES string of the molecule is Cc1nccc(CNC(=O)[C@H]2CCCN2Cc2ccccc2)n1. The van der Waals surface area contributed by atoms with Crippen LogP contribution in [-0.2, 0) is 17.9 Å². The second-order valence-corrected chi connectivity index (χ2v) is 5.93. The van der Waals surface area contributed by atoms with Gasteiger partial charge in [0.25, 0.3) is 0 Å². The number of hydrogen-bond acceptors (Lipinski definition) is 4. The monoisotopic (exact) mass is 310 g/mol. The second kappa shape index (κ2) is 7.33. The molecule has 1 aromatic heterocycles. The number of aromatic nitrogens is 2.